The Kier molecular flexibility index (Phi) is 5.22. The molecule has 0 fully saturated rings. The summed E-state index contributed by atoms with van der Waals surface area (Å²) in [6, 6.07) is 12.6. The topological polar surface area (TPSA) is 74.2 Å². The molecular formula is C19H18ClN3O2. The number of nitrogens with one attached hydrogen (secondary N) is 2. The average molecular weight is 356 g/mol. The van der Waals surface area contributed by atoms with E-state index in [1.165, 1.54) is 11.6 Å². The standard InChI is InChI=1S/C19H18ClN3O2/c1-2-25-17-6-4-13(9-14(17)11-21)19(24)23-15-5-3-12-7-8-22-18(20)16(12)10-15/h3-6,9-10,18,22H,2,7-8H2,1H3,(H,23,24)/t18-/m1/s1. The molecule has 1 atom stereocenters. The zero-order chi connectivity index (χ0) is 17.8. The van der Waals surface area contributed by atoms with Crippen molar-refractivity contribution in [2.45, 2.75) is 18.8 Å². The van der Waals surface area contributed by atoms with Crippen molar-refractivity contribution in [1.82, 2.24) is 5.32 Å². The van der Waals surface area contributed by atoms with Crippen LogP contribution in [-0.2, 0) is 6.42 Å². The van der Waals surface area contributed by atoms with Gasteiger partial charge in [0.15, 0.2) is 0 Å². The Morgan fingerprint density at radius 2 is 2.24 bits per heavy atom. The van der Waals surface area contributed by atoms with E-state index < -0.39 is 0 Å². The molecule has 3 rings (SSSR count). The Morgan fingerprint density at radius 1 is 1.40 bits per heavy atom. The lowest BCUT2D eigenvalue weighted by molar-refractivity contribution is 0.102. The number of benzene rings is 2. The fraction of sp³-hybridized carbons (Fsp3) is 0.263. The third kappa shape index (κ3) is 3.76. The molecule has 0 bridgehead atoms. The van der Waals surface area contributed by atoms with Crippen LogP contribution in [0.15, 0.2) is 36.4 Å². The summed E-state index contributed by atoms with van der Waals surface area (Å²) < 4.78 is 5.38. The highest BCUT2D eigenvalue weighted by Gasteiger charge is 2.18. The van der Waals surface area contributed by atoms with Gasteiger partial charge >= 0.3 is 0 Å². The first-order valence-corrected chi connectivity index (χ1v) is 8.54. The van der Waals surface area contributed by atoms with Crippen LogP contribution >= 0.6 is 11.6 Å². The molecule has 0 unspecified atom stereocenters. The largest absolute Gasteiger partial charge is 0.492 e. The van der Waals surface area contributed by atoms with Gasteiger partial charge in [-0.2, -0.15) is 5.26 Å². The molecule has 1 heterocycles. The van der Waals surface area contributed by atoms with Crippen molar-refractivity contribution >= 4 is 23.2 Å². The number of anilines is 1. The molecule has 2 aromatic carbocycles. The SMILES string of the molecule is CCOc1ccc(C(=O)Nc2ccc3c(c2)[C@H](Cl)NCC3)cc1C#N. The van der Waals surface area contributed by atoms with Gasteiger partial charge in [0.1, 0.15) is 17.3 Å². The molecule has 0 spiro atoms. The zero-order valence-electron chi connectivity index (χ0n) is 13.8. The lowest BCUT2D eigenvalue weighted by Crippen LogP contribution is -2.26. The maximum absolute atomic E-state index is 12.5. The Hall–Kier alpha value is -2.55. The van der Waals surface area contributed by atoms with E-state index in [2.05, 4.69) is 16.7 Å². The molecule has 1 aliphatic heterocycles. The van der Waals surface area contributed by atoms with E-state index >= 15 is 0 Å². The lowest BCUT2D eigenvalue weighted by Gasteiger charge is -2.23. The summed E-state index contributed by atoms with van der Waals surface area (Å²) in [6.45, 7) is 3.15. The highest BCUT2D eigenvalue weighted by Crippen LogP contribution is 2.29. The van der Waals surface area contributed by atoms with Gasteiger partial charge in [0, 0.05) is 17.8 Å². The number of carbonyl (C=O) groups excluding carboxylic acids is 1. The van der Waals surface area contributed by atoms with E-state index in [1.807, 2.05) is 25.1 Å². The summed E-state index contributed by atoms with van der Waals surface area (Å²) in [5, 5.41) is 15.3. The van der Waals surface area contributed by atoms with Gasteiger partial charge in [-0.25, -0.2) is 0 Å². The van der Waals surface area contributed by atoms with Crippen LogP contribution in [0.2, 0.25) is 0 Å². The molecule has 5 nitrogen and oxygen atoms in total. The van der Waals surface area contributed by atoms with Gasteiger partial charge in [0.05, 0.1) is 12.2 Å². The van der Waals surface area contributed by atoms with Crippen molar-refractivity contribution in [2.75, 3.05) is 18.5 Å². The van der Waals surface area contributed by atoms with Crippen LogP contribution in [0, 0.1) is 11.3 Å². The molecule has 25 heavy (non-hydrogen) atoms. The molecule has 128 valence electrons. The summed E-state index contributed by atoms with van der Waals surface area (Å²) in [4.78, 5) is 12.5. The molecule has 1 aliphatic rings. The predicted molar refractivity (Wildman–Crippen MR) is 97.0 cm³/mol. The van der Waals surface area contributed by atoms with Crippen LogP contribution in [0.3, 0.4) is 0 Å². The molecule has 0 radical (unpaired) electrons. The Labute approximate surface area is 151 Å². The second-order valence-corrected chi connectivity index (χ2v) is 6.13. The minimum Gasteiger partial charge on any atom is -0.492 e. The first-order chi connectivity index (χ1) is 12.1. The number of halogens is 1. The van der Waals surface area contributed by atoms with Crippen molar-refractivity contribution in [2.24, 2.45) is 0 Å². The first kappa shape index (κ1) is 17.3. The summed E-state index contributed by atoms with van der Waals surface area (Å²) in [7, 11) is 0. The average Bonchev–Trinajstić information content (AvgIpc) is 2.63. The number of rotatable bonds is 4. The zero-order valence-corrected chi connectivity index (χ0v) is 14.6. The summed E-state index contributed by atoms with van der Waals surface area (Å²) in [6.07, 6.45) is 0.914. The molecule has 2 N–H and O–H groups in total. The van der Waals surface area contributed by atoms with Crippen LogP contribution in [0.25, 0.3) is 0 Å². The third-order valence-corrected chi connectivity index (χ3v) is 4.45. The molecule has 0 aliphatic carbocycles. The second-order valence-electron chi connectivity index (χ2n) is 5.69. The monoisotopic (exact) mass is 355 g/mol. The Bertz CT molecular complexity index is 845. The maximum atomic E-state index is 12.5. The van der Waals surface area contributed by atoms with E-state index in [4.69, 9.17) is 16.3 Å². The van der Waals surface area contributed by atoms with E-state index in [-0.39, 0.29) is 11.4 Å². The number of fused-ring (bicyclic) bond motifs is 1. The van der Waals surface area contributed by atoms with Crippen LogP contribution in [0.4, 0.5) is 5.69 Å². The van der Waals surface area contributed by atoms with Gasteiger partial charge in [0.25, 0.3) is 5.91 Å². The van der Waals surface area contributed by atoms with Crippen molar-refractivity contribution in [3.05, 3.63) is 58.7 Å². The molecule has 1 amide bonds. The quantitative estimate of drug-likeness (QED) is 0.649. The lowest BCUT2D eigenvalue weighted by atomic mass is 10.00. The van der Waals surface area contributed by atoms with E-state index in [0.29, 0.717) is 29.2 Å². The number of nitriles is 1. The van der Waals surface area contributed by atoms with Gasteiger partial charge in [0.2, 0.25) is 0 Å². The van der Waals surface area contributed by atoms with Crippen molar-refractivity contribution in [1.29, 1.82) is 5.26 Å². The van der Waals surface area contributed by atoms with Crippen LogP contribution in [-0.4, -0.2) is 19.1 Å². The number of amides is 1. The number of ether oxygens (including phenoxy) is 1. The molecular weight excluding hydrogens is 338 g/mol. The predicted octanol–water partition coefficient (Wildman–Crippen LogP) is 3.59. The number of hydrogen-bond acceptors (Lipinski definition) is 4. The Morgan fingerprint density at radius 3 is 3.00 bits per heavy atom. The molecule has 0 aromatic heterocycles. The van der Waals surface area contributed by atoms with Gasteiger partial charge in [-0.3, -0.25) is 10.1 Å². The van der Waals surface area contributed by atoms with Gasteiger partial charge in [-0.15, -0.1) is 11.6 Å². The third-order valence-electron chi connectivity index (χ3n) is 4.06. The second kappa shape index (κ2) is 7.56. The minimum absolute atomic E-state index is 0.253. The van der Waals surface area contributed by atoms with E-state index in [1.54, 1.807) is 12.1 Å². The molecule has 6 heteroatoms. The summed E-state index contributed by atoms with van der Waals surface area (Å²) in [5.74, 6) is 0.195. The van der Waals surface area contributed by atoms with E-state index in [0.717, 1.165) is 18.5 Å². The number of carbonyl (C=O) groups is 1. The molecule has 0 saturated carbocycles. The van der Waals surface area contributed by atoms with Crippen LogP contribution in [0.1, 0.15) is 39.5 Å². The maximum Gasteiger partial charge on any atom is 0.255 e. The number of hydrogen-bond donors (Lipinski definition) is 2. The number of alkyl halides is 1. The highest BCUT2D eigenvalue weighted by atomic mass is 35.5. The smallest absolute Gasteiger partial charge is 0.255 e. The molecule has 0 saturated heterocycles. The fourth-order valence-corrected chi connectivity index (χ4v) is 3.14. The number of nitrogens with zero attached hydrogens (tertiary/aromatic N) is 1. The van der Waals surface area contributed by atoms with E-state index in [9.17, 15) is 10.1 Å². The normalized spacial score (nSPS) is 15.8. The van der Waals surface area contributed by atoms with Gasteiger partial charge < -0.3 is 10.1 Å². The summed E-state index contributed by atoms with van der Waals surface area (Å²) >= 11 is 6.29. The summed E-state index contributed by atoms with van der Waals surface area (Å²) in [5.41, 5.74) is 3.32. The van der Waals surface area contributed by atoms with Crippen LogP contribution < -0.4 is 15.4 Å². The highest BCUT2D eigenvalue weighted by molar-refractivity contribution is 6.20. The fourth-order valence-electron chi connectivity index (χ4n) is 2.82. The minimum atomic E-state index is -0.283. The van der Waals surface area contributed by atoms with Crippen molar-refractivity contribution in [3.8, 4) is 11.8 Å². The van der Waals surface area contributed by atoms with Gasteiger partial charge in [-0.05, 0) is 54.8 Å². The molecule has 2 aromatic rings. The first-order valence-electron chi connectivity index (χ1n) is 8.11. The van der Waals surface area contributed by atoms with Crippen molar-refractivity contribution in [3.63, 3.8) is 0 Å². The van der Waals surface area contributed by atoms with Crippen LogP contribution in [0.5, 0.6) is 5.75 Å². The van der Waals surface area contributed by atoms with Gasteiger partial charge in [-0.1, -0.05) is 6.07 Å². The van der Waals surface area contributed by atoms with Crippen molar-refractivity contribution < 1.29 is 9.53 Å². The Balaban J connectivity index is 1.81.